The van der Waals surface area contributed by atoms with Crippen molar-refractivity contribution in [2.45, 2.75) is 45.3 Å². The molecule has 0 aliphatic carbocycles. The molecule has 1 heterocycles. The molecule has 1 fully saturated rings. The topological polar surface area (TPSA) is 58.4 Å². The highest BCUT2D eigenvalue weighted by Crippen LogP contribution is 2.16. The van der Waals surface area contributed by atoms with Crippen molar-refractivity contribution in [1.82, 2.24) is 10.2 Å². The van der Waals surface area contributed by atoms with Gasteiger partial charge in [-0.05, 0) is 37.5 Å². The van der Waals surface area contributed by atoms with E-state index < -0.39 is 0 Å². The molecule has 4 nitrogen and oxygen atoms in total. The predicted molar refractivity (Wildman–Crippen MR) is 105 cm³/mol. The van der Waals surface area contributed by atoms with Crippen LogP contribution in [0, 0.1) is 5.92 Å². The summed E-state index contributed by atoms with van der Waals surface area (Å²) in [5, 5.41) is 3.90. The summed E-state index contributed by atoms with van der Waals surface area (Å²) in [5.41, 5.74) is 7.06. The Labute approximate surface area is 162 Å². The maximum Gasteiger partial charge on any atom is 0.224 e. The minimum atomic E-state index is -0.132. The molecular formula is C17H28Cl3N3O. The summed E-state index contributed by atoms with van der Waals surface area (Å²) in [4.78, 5) is 14.5. The molecule has 1 aliphatic rings. The van der Waals surface area contributed by atoms with Gasteiger partial charge in [0.2, 0.25) is 5.91 Å². The van der Waals surface area contributed by atoms with Crippen LogP contribution in [-0.4, -0.2) is 36.0 Å². The highest BCUT2D eigenvalue weighted by molar-refractivity contribution is 6.30. The molecule has 0 bridgehead atoms. The molecule has 1 aromatic rings. The van der Waals surface area contributed by atoms with Gasteiger partial charge >= 0.3 is 0 Å². The molecule has 0 saturated carbocycles. The summed E-state index contributed by atoms with van der Waals surface area (Å²) in [5.74, 6) is -0.0572. The van der Waals surface area contributed by atoms with Crippen molar-refractivity contribution in [2.75, 3.05) is 13.1 Å². The summed E-state index contributed by atoms with van der Waals surface area (Å²) in [7, 11) is 0. The van der Waals surface area contributed by atoms with Gasteiger partial charge in [-0.2, -0.15) is 0 Å². The van der Waals surface area contributed by atoms with E-state index in [9.17, 15) is 4.79 Å². The molecule has 138 valence electrons. The normalized spacial score (nSPS) is 18.0. The first-order valence-corrected chi connectivity index (χ1v) is 8.36. The number of nitrogens with one attached hydrogen (secondary N) is 1. The standard InChI is InChI=1S/C17H26ClN3O.2ClH/c1-12(13(2)19)17(22)20-16-7-9-21(10-8-16)11-14-3-5-15(18)6-4-14;;/h3-6,12-13,16H,7-11,19H2,1-2H3,(H,20,22);2*1H. The zero-order valence-electron chi connectivity index (χ0n) is 14.2. The maximum absolute atomic E-state index is 12.0. The van der Waals surface area contributed by atoms with E-state index in [0.29, 0.717) is 0 Å². The van der Waals surface area contributed by atoms with Crippen molar-refractivity contribution >= 4 is 42.3 Å². The lowest BCUT2D eigenvalue weighted by atomic mass is 10.00. The number of likely N-dealkylation sites (tertiary alicyclic amines) is 1. The van der Waals surface area contributed by atoms with Crippen LogP contribution in [-0.2, 0) is 11.3 Å². The van der Waals surface area contributed by atoms with Gasteiger partial charge in [-0.25, -0.2) is 0 Å². The Kier molecular flexibility index (Phi) is 10.9. The molecule has 2 atom stereocenters. The van der Waals surface area contributed by atoms with Gasteiger partial charge in [0.15, 0.2) is 0 Å². The van der Waals surface area contributed by atoms with Gasteiger partial charge in [0, 0.05) is 42.7 Å². The lowest BCUT2D eigenvalue weighted by molar-refractivity contribution is -0.126. The van der Waals surface area contributed by atoms with Crippen LogP contribution in [0.25, 0.3) is 0 Å². The number of amides is 1. The first-order chi connectivity index (χ1) is 10.5. The zero-order valence-corrected chi connectivity index (χ0v) is 16.6. The number of hydrogen-bond acceptors (Lipinski definition) is 3. The van der Waals surface area contributed by atoms with E-state index in [2.05, 4.69) is 22.3 Å². The minimum Gasteiger partial charge on any atom is -0.353 e. The van der Waals surface area contributed by atoms with E-state index in [1.807, 2.05) is 26.0 Å². The Hall–Kier alpha value is -0.520. The molecule has 0 aromatic heterocycles. The maximum atomic E-state index is 12.0. The number of rotatable bonds is 5. The molecule has 24 heavy (non-hydrogen) atoms. The lowest BCUT2D eigenvalue weighted by Gasteiger charge is -2.33. The second-order valence-corrected chi connectivity index (χ2v) is 6.77. The Balaban J connectivity index is 0.00000264. The van der Waals surface area contributed by atoms with Crippen LogP contribution in [0.4, 0.5) is 0 Å². The molecule has 2 unspecified atom stereocenters. The number of nitrogens with zero attached hydrogens (tertiary/aromatic N) is 1. The van der Waals surface area contributed by atoms with Crippen molar-refractivity contribution in [3.8, 4) is 0 Å². The first kappa shape index (κ1) is 23.5. The summed E-state index contributed by atoms with van der Waals surface area (Å²) < 4.78 is 0. The van der Waals surface area contributed by atoms with Gasteiger partial charge in [-0.3, -0.25) is 9.69 Å². The number of hydrogen-bond donors (Lipinski definition) is 2. The quantitative estimate of drug-likeness (QED) is 0.803. The van der Waals surface area contributed by atoms with E-state index in [4.69, 9.17) is 17.3 Å². The number of nitrogens with two attached hydrogens (primary N) is 1. The van der Waals surface area contributed by atoms with E-state index in [1.54, 1.807) is 0 Å². The van der Waals surface area contributed by atoms with Crippen molar-refractivity contribution in [2.24, 2.45) is 11.7 Å². The predicted octanol–water partition coefficient (Wildman–Crippen LogP) is 3.25. The lowest BCUT2D eigenvalue weighted by Crippen LogP contribution is -2.48. The number of piperidine rings is 1. The molecule has 1 amide bonds. The Morgan fingerprint density at radius 2 is 1.79 bits per heavy atom. The molecule has 2 rings (SSSR count). The second-order valence-electron chi connectivity index (χ2n) is 6.33. The fraction of sp³-hybridized carbons (Fsp3) is 0.588. The van der Waals surface area contributed by atoms with Gasteiger partial charge in [-0.1, -0.05) is 30.7 Å². The average Bonchev–Trinajstić information content (AvgIpc) is 2.50. The molecule has 0 spiro atoms. The van der Waals surface area contributed by atoms with E-state index >= 15 is 0 Å². The molecule has 1 aliphatic heterocycles. The minimum absolute atomic E-state index is 0. The Morgan fingerprint density at radius 1 is 1.25 bits per heavy atom. The molecule has 7 heteroatoms. The number of halogens is 3. The fourth-order valence-electron chi connectivity index (χ4n) is 2.65. The molecule has 0 radical (unpaired) electrons. The third-order valence-electron chi connectivity index (χ3n) is 4.46. The Morgan fingerprint density at radius 3 is 2.29 bits per heavy atom. The number of carbonyl (C=O) groups excluding carboxylic acids is 1. The van der Waals surface area contributed by atoms with Gasteiger partial charge in [0.05, 0.1) is 0 Å². The van der Waals surface area contributed by atoms with Gasteiger partial charge in [0.1, 0.15) is 0 Å². The van der Waals surface area contributed by atoms with Crippen LogP contribution in [0.5, 0.6) is 0 Å². The van der Waals surface area contributed by atoms with Crippen molar-refractivity contribution in [3.05, 3.63) is 34.9 Å². The van der Waals surface area contributed by atoms with Crippen molar-refractivity contribution in [1.29, 1.82) is 0 Å². The summed E-state index contributed by atoms with van der Waals surface area (Å²) >= 11 is 5.91. The second kappa shape index (κ2) is 11.2. The van der Waals surface area contributed by atoms with Crippen LogP contribution in [0.15, 0.2) is 24.3 Å². The van der Waals surface area contributed by atoms with Crippen LogP contribution < -0.4 is 11.1 Å². The fourth-order valence-corrected chi connectivity index (χ4v) is 2.78. The highest BCUT2D eigenvalue weighted by Gasteiger charge is 2.24. The average molecular weight is 397 g/mol. The van der Waals surface area contributed by atoms with Crippen LogP contribution >= 0.6 is 36.4 Å². The third kappa shape index (κ3) is 7.16. The molecular weight excluding hydrogens is 369 g/mol. The number of benzene rings is 1. The number of carbonyl (C=O) groups is 1. The summed E-state index contributed by atoms with van der Waals surface area (Å²) in [6, 6.07) is 8.17. The van der Waals surface area contributed by atoms with E-state index in [-0.39, 0.29) is 48.7 Å². The van der Waals surface area contributed by atoms with E-state index in [0.717, 1.165) is 37.5 Å². The molecule has 3 N–H and O–H groups in total. The summed E-state index contributed by atoms with van der Waals surface area (Å²) in [6.07, 6.45) is 1.98. The van der Waals surface area contributed by atoms with Crippen molar-refractivity contribution < 1.29 is 4.79 Å². The molecule has 1 saturated heterocycles. The SMILES string of the molecule is CC(N)C(C)C(=O)NC1CCN(Cc2ccc(Cl)cc2)CC1.Cl.Cl. The Bertz CT molecular complexity index is 488. The first-order valence-electron chi connectivity index (χ1n) is 7.98. The van der Waals surface area contributed by atoms with Gasteiger partial charge < -0.3 is 11.1 Å². The summed E-state index contributed by atoms with van der Waals surface area (Å²) in [6.45, 7) is 6.70. The third-order valence-corrected chi connectivity index (χ3v) is 4.71. The molecule has 1 aromatic carbocycles. The van der Waals surface area contributed by atoms with Crippen LogP contribution in [0.2, 0.25) is 5.02 Å². The highest BCUT2D eigenvalue weighted by atomic mass is 35.5. The smallest absolute Gasteiger partial charge is 0.224 e. The van der Waals surface area contributed by atoms with E-state index in [1.165, 1.54) is 5.56 Å². The van der Waals surface area contributed by atoms with Crippen LogP contribution in [0.3, 0.4) is 0 Å². The van der Waals surface area contributed by atoms with Gasteiger partial charge in [0.25, 0.3) is 0 Å². The zero-order chi connectivity index (χ0) is 16.1. The monoisotopic (exact) mass is 395 g/mol. The largest absolute Gasteiger partial charge is 0.353 e. The van der Waals surface area contributed by atoms with Gasteiger partial charge in [-0.15, -0.1) is 24.8 Å². The van der Waals surface area contributed by atoms with Crippen LogP contribution in [0.1, 0.15) is 32.3 Å². The van der Waals surface area contributed by atoms with Crippen molar-refractivity contribution in [3.63, 3.8) is 0 Å².